The van der Waals surface area contributed by atoms with Gasteiger partial charge in [0.05, 0.1) is 11.9 Å². The molecule has 17 heavy (non-hydrogen) atoms. The Morgan fingerprint density at radius 1 is 1.24 bits per heavy atom. The van der Waals surface area contributed by atoms with Crippen LogP contribution in [0.1, 0.15) is 18.9 Å². The Labute approximate surface area is 102 Å². The number of nitrogens with zero attached hydrogens (tertiary/aromatic N) is 2. The van der Waals surface area contributed by atoms with Gasteiger partial charge in [0.2, 0.25) is 0 Å². The van der Waals surface area contributed by atoms with Gasteiger partial charge in [0.1, 0.15) is 0 Å². The number of hydrogen-bond acceptors (Lipinski definition) is 3. The van der Waals surface area contributed by atoms with Crippen molar-refractivity contribution in [3.05, 3.63) is 48.4 Å². The van der Waals surface area contributed by atoms with E-state index in [0.29, 0.717) is 0 Å². The third-order valence-corrected chi connectivity index (χ3v) is 2.54. The van der Waals surface area contributed by atoms with E-state index in [2.05, 4.69) is 46.5 Å². The average Bonchev–Trinajstić information content (AvgIpc) is 2.41. The van der Waals surface area contributed by atoms with Crippen molar-refractivity contribution in [3.8, 4) is 11.3 Å². The van der Waals surface area contributed by atoms with Gasteiger partial charge in [0.15, 0.2) is 0 Å². The van der Waals surface area contributed by atoms with Crippen molar-refractivity contribution in [1.82, 2.24) is 15.3 Å². The number of rotatable bonds is 5. The second kappa shape index (κ2) is 6.11. The normalized spacial score (nSPS) is 10.4. The molecule has 0 aliphatic carbocycles. The monoisotopic (exact) mass is 227 g/mol. The molecule has 0 bridgehead atoms. The predicted octanol–water partition coefficient (Wildman–Crippen LogP) is 2.64. The highest BCUT2D eigenvalue weighted by atomic mass is 14.8. The zero-order valence-corrected chi connectivity index (χ0v) is 10.1. The van der Waals surface area contributed by atoms with Crippen molar-refractivity contribution in [2.45, 2.75) is 19.9 Å². The summed E-state index contributed by atoms with van der Waals surface area (Å²) in [6.45, 7) is 4.13. The highest BCUT2D eigenvalue weighted by Gasteiger charge is 1.99. The lowest BCUT2D eigenvalue weighted by Crippen LogP contribution is -2.13. The average molecular weight is 227 g/mol. The number of benzene rings is 1. The molecule has 1 aromatic carbocycles. The number of hydrogen-bond donors (Lipinski definition) is 1. The molecule has 0 atom stereocenters. The maximum Gasteiger partial charge on any atom is 0.0885 e. The first-order valence-corrected chi connectivity index (χ1v) is 5.96. The van der Waals surface area contributed by atoms with Crippen molar-refractivity contribution in [1.29, 1.82) is 0 Å². The third-order valence-electron chi connectivity index (χ3n) is 2.54. The minimum Gasteiger partial charge on any atom is -0.313 e. The van der Waals surface area contributed by atoms with Crippen LogP contribution in [0.15, 0.2) is 42.9 Å². The summed E-state index contributed by atoms with van der Waals surface area (Å²) in [4.78, 5) is 8.39. The Balaban J connectivity index is 2.12. The molecule has 1 N–H and O–H groups in total. The lowest BCUT2D eigenvalue weighted by molar-refractivity contribution is 0.675. The molecular weight excluding hydrogens is 210 g/mol. The predicted molar refractivity (Wildman–Crippen MR) is 69.5 cm³/mol. The van der Waals surface area contributed by atoms with E-state index in [0.717, 1.165) is 30.8 Å². The largest absolute Gasteiger partial charge is 0.313 e. The molecule has 2 rings (SSSR count). The summed E-state index contributed by atoms with van der Waals surface area (Å²) in [6, 6.07) is 8.41. The Morgan fingerprint density at radius 2 is 2.18 bits per heavy atom. The molecule has 0 aliphatic rings. The second-order valence-corrected chi connectivity index (χ2v) is 3.97. The minimum atomic E-state index is 0.905. The molecule has 0 spiro atoms. The molecule has 0 saturated carbocycles. The van der Waals surface area contributed by atoms with Crippen molar-refractivity contribution in [2.24, 2.45) is 0 Å². The molecule has 3 nitrogen and oxygen atoms in total. The lowest BCUT2D eigenvalue weighted by atomic mass is 10.1. The lowest BCUT2D eigenvalue weighted by Gasteiger charge is -2.05. The first-order valence-electron chi connectivity index (χ1n) is 5.96. The Bertz CT molecular complexity index is 454. The van der Waals surface area contributed by atoms with Crippen LogP contribution in [0.5, 0.6) is 0 Å². The van der Waals surface area contributed by atoms with Crippen LogP contribution in [0.3, 0.4) is 0 Å². The third kappa shape index (κ3) is 3.36. The summed E-state index contributed by atoms with van der Waals surface area (Å²) in [5.41, 5.74) is 3.32. The van der Waals surface area contributed by atoms with Crippen LogP contribution in [0.25, 0.3) is 11.3 Å². The first kappa shape index (κ1) is 11.7. The summed E-state index contributed by atoms with van der Waals surface area (Å²) in [6.07, 6.45) is 6.36. The van der Waals surface area contributed by atoms with E-state index in [-0.39, 0.29) is 0 Å². The molecule has 2 aromatic rings. The highest BCUT2D eigenvalue weighted by molar-refractivity contribution is 5.58. The fraction of sp³-hybridized carbons (Fsp3) is 0.286. The standard InChI is InChI=1S/C14H17N3/c1-2-6-15-10-12-4-3-5-13(9-12)14-11-16-7-8-17-14/h3-5,7-9,11,15H,2,6,10H2,1H3. The van der Waals surface area contributed by atoms with Gasteiger partial charge in [-0.05, 0) is 24.6 Å². The molecule has 0 aliphatic heterocycles. The fourth-order valence-electron chi connectivity index (χ4n) is 1.70. The van der Waals surface area contributed by atoms with Gasteiger partial charge in [-0.1, -0.05) is 25.1 Å². The van der Waals surface area contributed by atoms with E-state index in [1.807, 2.05) is 0 Å². The van der Waals surface area contributed by atoms with E-state index >= 15 is 0 Å². The number of nitrogens with one attached hydrogen (secondary N) is 1. The van der Waals surface area contributed by atoms with Crippen LogP contribution >= 0.6 is 0 Å². The summed E-state index contributed by atoms with van der Waals surface area (Å²) in [7, 11) is 0. The molecule has 0 radical (unpaired) electrons. The molecular formula is C14H17N3. The van der Waals surface area contributed by atoms with Crippen molar-refractivity contribution < 1.29 is 0 Å². The van der Waals surface area contributed by atoms with E-state index in [9.17, 15) is 0 Å². The van der Waals surface area contributed by atoms with Gasteiger partial charge < -0.3 is 5.32 Å². The molecule has 0 fully saturated rings. The fourth-order valence-corrected chi connectivity index (χ4v) is 1.70. The van der Waals surface area contributed by atoms with Gasteiger partial charge >= 0.3 is 0 Å². The SMILES string of the molecule is CCCNCc1cccc(-c2cnccn2)c1. The smallest absolute Gasteiger partial charge is 0.0885 e. The zero-order valence-electron chi connectivity index (χ0n) is 10.1. The maximum atomic E-state index is 4.30. The molecule has 0 unspecified atom stereocenters. The number of aromatic nitrogens is 2. The van der Waals surface area contributed by atoms with Gasteiger partial charge in [0, 0.05) is 24.5 Å². The Kier molecular flexibility index (Phi) is 4.22. The van der Waals surface area contributed by atoms with Crippen LogP contribution in [-0.4, -0.2) is 16.5 Å². The highest BCUT2D eigenvalue weighted by Crippen LogP contribution is 2.16. The van der Waals surface area contributed by atoms with Crippen molar-refractivity contribution in [2.75, 3.05) is 6.54 Å². The van der Waals surface area contributed by atoms with Gasteiger partial charge in [-0.15, -0.1) is 0 Å². The van der Waals surface area contributed by atoms with Crippen LogP contribution in [0, 0.1) is 0 Å². The topological polar surface area (TPSA) is 37.8 Å². The quantitative estimate of drug-likeness (QED) is 0.798. The second-order valence-electron chi connectivity index (χ2n) is 3.97. The van der Waals surface area contributed by atoms with Gasteiger partial charge in [-0.25, -0.2) is 0 Å². The Hall–Kier alpha value is -1.74. The van der Waals surface area contributed by atoms with Gasteiger partial charge in [-0.3, -0.25) is 9.97 Å². The van der Waals surface area contributed by atoms with Crippen LogP contribution in [0.2, 0.25) is 0 Å². The van der Waals surface area contributed by atoms with Crippen molar-refractivity contribution in [3.63, 3.8) is 0 Å². The summed E-state index contributed by atoms with van der Waals surface area (Å²) in [5, 5.41) is 3.39. The van der Waals surface area contributed by atoms with Gasteiger partial charge in [-0.2, -0.15) is 0 Å². The minimum absolute atomic E-state index is 0.905. The van der Waals surface area contributed by atoms with E-state index in [1.165, 1.54) is 5.56 Å². The van der Waals surface area contributed by atoms with Crippen LogP contribution < -0.4 is 5.32 Å². The Morgan fingerprint density at radius 3 is 2.94 bits per heavy atom. The van der Waals surface area contributed by atoms with Crippen molar-refractivity contribution >= 4 is 0 Å². The zero-order chi connectivity index (χ0) is 11.9. The molecule has 0 saturated heterocycles. The van der Waals surface area contributed by atoms with E-state index < -0.39 is 0 Å². The molecule has 1 heterocycles. The first-order chi connectivity index (χ1) is 8.40. The molecule has 1 aromatic heterocycles. The molecule has 3 heteroatoms. The molecule has 0 amide bonds. The van der Waals surface area contributed by atoms with E-state index in [4.69, 9.17) is 0 Å². The summed E-state index contributed by atoms with van der Waals surface area (Å²) in [5.74, 6) is 0. The summed E-state index contributed by atoms with van der Waals surface area (Å²) < 4.78 is 0. The molecule has 88 valence electrons. The van der Waals surface area contributed by atoms with Crippen LogP contribution in [0.4, 0.5) is 0 Å². The van der Waals surface area contributed by atoms with Crippen LogP contribution in [-0.2, 0) is 6.54 Å². The van der Waals surface area contributed by atoms with Gasteiger partial charge in [0.25, 0.3) is 0 Å². The maximum absolute atomic E-state index is 4.30. The summed E-state index contributed by atoms with van der Waals surface area (Å²) >= 11 is 0. The van der Waals surface area contributed by atoms with E-state index in [1.54, 1.807) is 18.6 Å².